The molecule has 0 spiro atoms. The number of nitrogens with zero attached hydrogens (tertiary/aromatic N) is 4. The quantitative estimate of drug-likeness (QED) is 0.664. The zero-order chi connectivity index (χ0) is 12.6. The van der Waals surface area contributed by atoms with Crippen LogP contribution < -0.4 is 21.5 Å². The van der Waals surface area contributed by atoms with E-state index in [1.54, 1.807) is 7.05 Å². The van der Waals surface area contributed by atoms with Gasteiger partial charge >= 0.3 is 5.69 Å². The Hall–Kier alpha value is -1.63. The van der Waals surface area contributed by atoms with Gasteiger partial charge in [-0.15, -0.1) is 5.10 Å². The minimum atomic E-state index is -0.406. The highest BCUT2D eigenvalue weighted by Crippen LogP contribution is 2.10. The minimum absolute atomic E-state index is 0.257. The van der Waals surface area contributed by atoms with Gasteiger partial charge in [0.25, 0.3) is 5.56 Å². The van der Waals surface area contributed by atoms with Crippen LogP contribution in [-0.4, -0.2) is 40.5 Å². The van der Waals surface area contributed by atoms with Crippen molar-refractivity contribution in [3.8, 4) is 0 Å². The van der Waals surface area contributed by atoms with Gasteiger partial charge in [-0.25, -0.2) is 9.48 Å². The molecule has 0 bridgehead atoms. The number of nitrogens with one attached hydrogen (secondary N) is 1. The standard InChI is InChI=1S/C10H17N5O2/c1-13(7-4-5-11-6-7)8-9(16)14(2)10(17)15(3)12-8/h7,11H,4-6H2,1-3H3. The third-order valence-corrected chi connectivity index (χ3v) is 3.22. The van der Waals surface area contributed by atoms with Crippen LogP contribution in [0.5, 0.6) is 0 Å². The lowest BCUT2D eigenvalue weighted by molar-refractivity contribution is 0.576. The van der Waals surface area contributed by atoms with E-state index in [0.717, 1.165) is 24.1 Å². The highest BCUT2D eigenvalue weighted by atomic mass is 16.2. The van der Waals surface area contributed by atoms with Crippen LogP contribution in [0.3, 0.4) is 0 Å². The molecule has 1 aliphatic rings. The van der Waals surface area contributed by atoms with Crippen LogP contribution in [0, 0.1) is 0 Å². The SMILES string of the molecule is CN(c1nn(C)c(=O)n(C)c1=O)C1CCNC1. The van der Waals surface area contributed by atoms with Gasteiger partial charge in [0.2, 0.25) is 5.82 Å². The molecule has 0 saturated carbocycles. The largest absolute Gasteiger partial charge is 0.349 e. The van der Waals surface area contributed by atoms with Crippen LogP contribution in [-0.2, 0) is 14.1 Å². The molecule has 0 amide bonds. The Balaban J connectivity index is 2.45. The smallest absolute Gasteiger partial charge is 0.346 e. The molecule has 1 aromatic heterocycles. The summed E-state index contributed by atoms with van der Waals surface area (Å²) >= 11 is 0. The molecule has 17 heavy (non-hydrogen) atoms. The van der Waals surface area contributed by atoms with Gasteiger partial charge in [-0.1, -0.05) is 0 Å². The Bertz CT molecular complexity index is 526. The number of hydrogen-bond donors (Lipinski definition) is 1. The van der Waals surface area contributed by atoms with Crippen molar-refractivity contribution in [2.75, 3.05) is 25.0 Å². The van der Waals surface area contributed by atoms with E-state index in [1.165, 1.54) is 11.7 Å². The molecule has 7 heteroatoms. The van der Waals surface area contributed by atoms with Crippen LogP contribution in [0.1, 0.15) is 6.42 Å². The van der Waals surface area contributed by atoms with E-state index in [2.05, 4.69) is 10.4 Å². The second-order valence-electron chi connectivity index (χ2n) is 4.35. The predicted molar refractivity (Wildman–Crippen MR) is 64.4 cm³/mol. The fourth-order valence-electron chi connectivity index (χ4n) is 2.05. The van der Waals surface area contributed by atoms with Gasteiger partial charge < -0.3 is 10.2 Å². The molecule has 1 saturated heterocycles. The molecule has 94 valence electrons. The number of aromatic nitrogens is 3. The molecule has 2 rings (SSSR count). The van der Waals surface area contributed by atoms with Crippen molar-refractivity contribution in [1.82, 2.24) is 19.7 Å². The molecule has 1 fully saturated rings. The van der Waals surface area contributed by atoms with Gasteiger partial charge in [0.1, 0.15) is 0 Å². The van der Waals surface area contributed by atoms with Crippen LogP contribution in [0.2, 0.25) is 0 Å². The van der Waals surface area contributed by atoms with E-state index in [0.29, 0.717) is 5.82 Å². The van der Waals surface area contributed by atoms with Crippen LogP contribution >= 0.6 is 0 Å². The van der Waals surface area contributed by atoms with E-state index in [4.69, 9.17) is 0 Å². The van der Waals surface area contributed by atoms with Gasteiger partial charge in [-0.05, 0) is 13.0 Å². The fraction of sp³-hybridized carbons (Fsp3) is 0.700. The number of hydrogen-bond acceptors (Lipinski definition) is 5. The Morgan fingerprint density at radius 2 is 2.12 bits per heavy atom. The summed E-state index contributed by atoms with van der Waals surface area (Å²) in [6, 6.07) is 0.257. The van der Waals surface area contributed by atoms with Crippen molar-refractivity contribution in [3.05, 3.63) is 20.8 Å². The molecule has 7 nitrogen and oxygen atoms in total. The van der Waals surface area contributed by atoms with Crippen molar-refractivity contribution in [1.29, 1.82) is 0 Å². The van der Waals surface area contributed by atoms with Crippen molar-refractivity contribution in [3.63, 3.8) is 0 Å². The summed E-state index contributed by atoms with van der Waals surface area (Å²) in [6.45, 7) is 1.78. The molecule has 1 aromatic rings. The average molecular weight is 239 g/mol. The third-order valence-electron chi connectivity index (χ3n) is 3.22. The number of aryl methyl sites for hydroxylation is 1. The van der Waals surface area contributed by atoms with E-state index >= 15 is 0 Å². The Labute approximate surface area is 98.7 Å². The highest BCUT2D eigenvalue weighted by Gasteiger charge is 2.23. The third kappa shape index (κ3) is 1.97. The summed E-state index contributed by atoms with van der Waals surface area (Å²) in [6.07, 6.45) is 0.976. The van der Waals surface area contributed by atoms with Crippen molar-refractivity contribution < 1.29 is 0 Å². The zero-order valence-electron chi connectivity index (χ0n) is 10.3. The molecule has 1 unspecified atom stereocenters. The maximum Gasteiger partial charge on any atom is 0.346 e. The molecule has 2 heterocycles. The van der Waals surface area contributed by atoms with Gasteiger partial charge in [0.15, 0.2) is 0 Å². The van der Waals surface area contributed by atoms with Crippen LogP contribution in [0.4, 0.5) is 5.82 Å². The first kappa shape index (κ1) is 11.8. The van der Waals surface area contributed by atoms with Gasteiger partial charge in [-0.3, -0.25) is 9.36 Å². The van der Waals surface area contributed by atoms with Gasteiger partial charge in [0, 0.05) is 33.7 Å². The summed E-state index contributed by atoms with van der Waals surface area (Å²) < 4.78 is 2.27. The Morgan fingerprint density at radius 1 is 1.41 bits per heavy atom. The Morgan fingerprint density at radius 3 is 2.71 bits per heavy atom. The molecular weight excluding hydrogens is 222 g/mol. The lowest BCUT2D eigenvalue weighted by Crippen LogP contribution is -2.45. The van der Waals surface area contributed by atoms with E-state index in [1.807, 2.05) is 11.9 Å². The monoisotopic (exact) mass is 239 g/mol. The van der Waals surface area contributed by atoms with Gasteiger partial charge in [0.05, 0.1) is 0 Å². The lowest BCUT2D eigenvalue weighted by atomic mass is 10.2. The second kappa shape index (κ2) is 4.33. The summed E-state index contributed by atoms with van der Waals surface area (Å²) in [7, 11) is 4.86. The van der Waals surface area contributed by atoms with E-state index in [9.17, 15) is 9.59 Å². The number of anilines is 1. The molecular formula is C10H17N5O2. The summed E-state index contributed by atoms with van der Waals surface area (Å²) in [5.41, 5.74) is -0.751. The van der Waals surface area contributed by atoms with E-state index in [-0.39, 0.29) is 11.6 Å². The molecule has 0 radical (unpaired) electrons. The normalized spacial score (nSPS) is 19.6. The maximum absolute atomic E-state index is 12.0. The number of likely N-dealkylation sites (N-methyl/N-ethyl adjacent to an activating group) is 1. The van der Waals surface area contributed by atoms with Crippen molar-refractivity contribution in [2.45, 2.75) is 12.5 Å². The first-order valence-corrected chi connectivity index (χ1v) is 5.60. The fourth-order valence-corrected chi connectivity index (χ4v) is 2.05. The predicted octanol–water partition coefficient (Wildman–Crippen LogP) is -1.72. The average Bonchev–Trinajstić information content (AvgIpc) is 2.84. The van der Waals surface area contributed by atoms with Gasteiger partial charge in [-0.2, -0.15) is 0 Å². The molecule has 0 aliphatic carbocycles. The molecule has 1 aliphatic heterocycles. The lowest BCUT2D eigenvalue weighted by Gasteiger charge is -2.24. The summed E-state index contributed by atoms with van der Waals surface area (Å²) in [5, 5.41) is 7.28. The van der Waals surface area contributed by atoms with Crippen molar-refractivity contribution >= 4 is 5.82 Å². The second-order valence-corrected chi connectivity index (χ2v) is 4.35. The first-order chi connectivity index (χ1) is 8.02. The summed E-state index contributed by atoms with van der Waals surface area (Å²) in [4.78, 5) is 25.3. The molecule has 1 N–H and O–H groups in total. The van der Waals surface area contributed by atoms with E-state index < -0.39 is 5.69 Å². The summed E-state index contributed by atoms with van der Waals surface area (Å²) in [5.74, 6) is 0.323. The number of rotatable bonds is 2. The maximum atomic E-state index is 12.0. The van der Waals surface area contributed by atoms with Crippen LogP contribution in [0.15, 0.2) is 9.59 Å². The Kier molecular flexibility index (Phi) is 3.01. The zero-order valence-corrected chi connectivity index (χ0v) is 10.3. The highest BCUT2D eigenvalue weighted by molar-refractivity contribution is 5.35. The van der Waals surface area contributed by atoms with Crippen molar-refractivity contribution in [2.24, 2.45) is 14.1 Å². The topological polar surface area (TPSA) is 72.2 Å². The first-order valence-electron chi connectivity index (χ1n) is 5.60. The molecule has 1 atom stereocenters. The molecule has 0 aromatic carbocycles. The van der Waals surface area contributed by atoms with Crippen LogP contribution in [0.25, 0.3) is 0 Å². The minimum Gasteiger partial charge on any atom is -0.349 e.